The van der Waals surface area contributed by atoms with E-state index in [4.69, 9.17) is 0 Å². The summed E-state index contributed by atoms with van der Waals surface area (Å²) < 4.78 is -1.36. The summed E-state index contributed by atoms with van der Waals surface area (Å²) in [6.07, 6.45) is 1.57. The number of aromatic nitrogens is 1. The van der Waals surface area contributed by atoms with Gasteiger partial charge in [0.25, 0.3) is 0 Å². The molecule has 3 nitrogen and oxygen atoms in total. The molecular formula is C14H8BrNO2. The molecule has 0 radical (unpaired) electrons. The average Bonchev–Trinajstić information content (AvgIpc) is 2.64. The van der Waals surface area contributed by atoms with Gasteiger partial charge in [0.1, 0.15) is 0 Å². The summed E-state index contributed by atoms with van der Waals surface area (Å²) in [6.45, 7) is 0. The Hall–Kier alpha value is -1.81. The molecule has 1 heterocycles. The molecule has 0 spiro atoms. The first-order valence-electron chi connectivity index (χ1n) is 5.45. The van der Waals surface area contributed by atoms with Crippen LogP contribution >= 0.6 is 15.9 Å². The van der Waals surface area contributed by atoms with Crippen molar-refractivity contribution in [1.29, 1.82) is 0 Å². The van der Waals surface area contributed by atoms with E-state index in [1.165, 1.54) is 0 Å². The van der Waals surface area contributed by atoms with E-state index in [2.05, 4.69) is 20.9 Å². The summed E-state index contributed by atoms with van der Waals surface area (Å²) in [7, 11) is 0. The molecule has 1 aliphatic carbocycles. The number of hydrogen-bond donors (Lipinski definition) is 0. The Kier molecular flexibility index (Phi) is 2.41. The van der Waals surface area contributed by atoms with Gasteiger partial charge < -0.3 is 0 Å². The van der Waals surface area contributed by atoms with Crippen molar-refractivity contribution < 1.29 is 9.59 Å². The van der Waals surface area contributed by atoms with Crippen LogP contribution in [0.5, 0.6) is 0 Å². The molecular weight excluding hydrogens is 294 g/mol. The Bertz CT molecular complexity index is 617. The fraction of sp³-hybridized carbons (Fsp3) is 0.0714. The topological polar surface area (TPSA) is 47.0 Å². The molecule has 0 N–H and O–H groups in total. The molecule has 0 amide bonds. The van der Waals surface area contributed by atoms with Crippen molar-refractivity contribution in [3.8, 4) is 0 Å². The van der Waals surface area contributed by atoms with Crippen molar-refractivity contribution in [1.82, 2.24) is 4.98 Å². The van der Waals surface area contributed by atoms with Crippen molar-refractivity contribution in [2.24, 2.45) is 0 Å². The minimum atomic E-state index is -1.36. The first kappa shape index (κ1) is 11.3. The average molecular weight is 302 g/mol. The number of pyridine rings is 1. The number of fused-ring (bicyclic) bond motifs is 1. The maximum atomic E-state index is 12.4. The first-order valence-corrected chi connectivity index (χ1v) is 6.24. The first-order chi connectivity index (χ1) is 8.65. The zero-order valence-electron chi connectivity index (χ0n) is 9.26. The van der Waals surface area contributed by atoms with Crippen LogP contribution in [0.3, 0.4) is 0 Å². The van der Waals surface area contributed by atoms with Crippen LogP contribution in [0, 0.1) is 0 Å². The minimum absolute atomic E-state index is 0.248. The number of alkyl halides is 1. The van der Waals surface area contributed by atoms with Crippen LogP contribution in [-0.4, -0.2) is 16.6 Å². The van der Waals surface area contributed by atoms with Gasteiger partial charge in [-0.25, -0.2) is 0 Å². The van der Waals surface area contributed by atoms with Gasteiger partial charge in [-0.2, -0.15) is 0 Å². The molecule has 1 aromatic heterocycles. The van der Waals surface area contributed by atoms with Crippen LogP contribution < -0.4 is 0 Å². The number of carbonyl (C=O) groups excluding carboxylic acids is 2. The lowest BCUT2D eigenvalue weighted by Gasteiger charge is -2.16. The third kappa shape index (κ3) is 1.32. The number of rotatable bonds is 1. The summed E-state index contributed by atoms with van der Waals surface area (Å²) in [5.41, 5.74) is 1.33. The Morgan fingerprint density at radius 3 is 1.94 bits per heavy atom. The summed E-state index contributed by atoms with van der Waals surface area (Å²) in [4.78, 5) is 29.0. The standard InChI is InChI=1S/C14H8BrNO2/c15-14(11-7-3-4-8-16-11)12(17)9-5-1-2-6-10(9)13(14)18/h1-8H. The van der Waals surface area contributed by atoms with Crippen molar-refractivity contribution >= 4 is 27.5 Å². The number of Topliss-reactive ketones (excluding diaryl/α,β-unsaturated/α-hetero) is 2. The normalized spacial score (nSPS) is 16.7. The number of halogens is 1. The molecule has 0 saturated carbocycles. The van der Waals surface area contributed by atoms with Gasteiger partial charge in [0.15, 0.2) is 15.9 Å². The molecule has 0 unspecified atom stereocenters. The highest BCUT2D eigenvalue weighted by Gasteiger charge is 2.53. The van der Waals surface area contributed by atoms with Gasteiger partial charge in [-0.15, -0.1) is 0 Å². The predicted octanol–water partition coefficient (Wildman–Crippen LogP) is 2.75. The third-order valence-corrected chi connectivity index (χ3v) is 4.19. The van der Waals surface area contributed by atoms with Crippen molar-refractivity contribution in [2.75, 3.05) is 0 Å². The van der Waals surface area contributed by atoms with Crippen molar-refractivity contribution in [2.45, 2.75) is 4.32 Å². The van der Waals surface area contributed by atoms with Gasteiger partial charge in [0.2, 0.25) is 0 Å². The smallest absolute Gasteiger partial charge is 0.194 e. The van der Waals surface area contributed by atoms with Crippen molar-refractivity contribution in [3.05, 3.63) is 65.5 Å². The van der Waals surface area contributed by atoms with E-state index < -0.39 is 4.32 Å². The van der Waals surface area contributed by atoms with Gasteiger partial charge in [0.05, 0.1) is 5.69 Å². The Morgan fingerprint density at radius 2 is 1.44 bits per heavy atom. The SMILES string of the molecule is O=C1c2ccccc2C(=O)C1(Br)c1ccccn1. The quantitative estimate of drug-likeness (QED) is 0.601. The zero-order chi connectivity index (χ0) is 12.8. The molecule has 0 atom stereocenters. The Morgan fingerprint density at radius 1 is 0.889 bits per heavy atom. The number of ketones is 2. The molecule has 0 saturated heterocycles. The number of carbonyl (C=O) groups is 2. The molecule has 1 aromatic carbocycles. The van der Waals surface area contributed by atoms with E-state index in [1.54, 1.807) is 48.7 Å². The van der Waals surface area contributed by atoms with E-state index in [-0.39, 0.29) is 11.6 Å². The van der Waals surface area contributed by atoms with Gasteiger partial charge in [-0.3, -0.25) is 14.6 Å². The fourth-order valence-electron chi connectivity index (χ4n) is 2.15. The van der Waals surface area contributed by atoms with E-state index >= 15 is 0 Å². The van der Waals surface area contributed by atoms with E-state index in [9.17, 15) is 9.59 Å². The second kappa shape index (κ2) is 3.85. The molecule has 0 bridgehead atoms. The van der Waals surface area contributed by atoms with Gasteiger partial charge in [-0.1, -0.05) is 46.3 Å². The molecule has 18 heavy (non-hydrogen) atoms. The van der Waals surface area contributed by atoms with Gasteiger partial charge in [-0.05, 0) is 12.1 Å². The molecule has 0 fully saturated rings. The molecule has 3 rings (SSSR count). The van der Waals surface area contributed by atoms with Gasteiger partial charge in [0, 0.05) is 17.3 Å². The second-order valence-corrected chi connectivity index (χ2v) is 5.27. The molecule has 1 aliphatic rings. The summed E-state index contributed by atoms with van der Waals surface area (Å²) in [6, 6.07) is 12.0. The van der Waals surface area contributed by atoms with Crippen LogP contribution in [-0.2, 0) is 4.32 Å². The van der Waals surface area contributed by atoms with Crippen LogP contribution in [0.1, 0.15) is 26.4 Å². The van der Waals surface area contributed by atoms with E-state index in [1.807, 2.05) is 0 Å². The zero-order valence-corrected chi connectivity index (χ0v) is 10.8. The predicted molar refractivity (Wildman–Crippen MR) is 69.9 cm³/mol. The van der Waals surface area contributed by atoms with E-state index in [0.29, 0.717) is 16.8 Å². The van der Waals surface area contributed by atoms with Crippen molar-refractivity contribution in [3.63, 3.8) is 0 Å². The largest absolute Gasteiger partial charge is 0.292 e. The molecule has 2 aromatic rings. The lowest BCUT2D eigenvalue weighted by Crippen LogP contribution is -2.32. The maximum Gasteiger partial charge on any atom is 0.194 e. The highest BCUT2D eigenvalue weighted by Crippen LogP contribution is 2.43. The number of hydrogen-bond acceptors (Lipinski definition) is 3. The third-order valence-electron chi connectivity index (χ3n) is 3.06. The molecule has 4 heteroatoms. The van der Waals surface area contributed by atoms with Crippen LogP contribution in [0.15, 0.2) is 48.7 Å². The van der Waals surface area contributed by atoms with Crippen LogP contribution in [0.2, 0.25) is 0 Å². The lowest BCUT2D eigenvalue weighted by molar-refractivity contribution is 0.0869. The summed E-state index contributed by atoms with van der Waals surface area (Å²) >= 11 is 3.30. The fourth-order valence-corrected chi connectivity index (χ4v) is 2.81. The lowest BCUT2D eigenvalue weighted by atomic mass is 9.99. The van der Waals surface area contributed by atoms with E-state index in [0.717, 1.165) is 0 Å². The summed E-state index contributed by atoms with van der Waals surface area (Å²) in [5, 5.41) is 0. The summed E-state index contributed by atoms with van der Waals surface area (Å²) in [5.74, 6) is -0.497. The Labute approximate surface area is 112 Å². The van der Waals surface area contributed by atoms with Crippen LogP contribution in [0.25, 0.3) is 0 Å². The molecule has 0 aliphatic heterocycles. The second-order valence-electron chi connectivity index (χ2n) is 4.08. The minimum Gasteiger partial charge on any atom is -0.292 e. The maximum absolute atomic E-state index is 12.4. The molecule has 88 valence electrons. The highest BCUT2D eigenvalue weighted by molar-refractivity contribution is 9.10. The number of nitrogens with zero attached hydrogens (tertiary/aromatic N) is 1. The van der Waals surface area contributed by atoms with Gasteiger partial charge >= 0.3 is 0 Å². The Balaban J connectivity index is 2.23. The monoisotopic (exact) mass is 301 g/mol. The number of benzene rings is 1. The van der Waals surface area contributed by atoms with Crippen LogP contribution in [0.4, 0.5) is 0 Å². The highest BCUT2D eigenvalue weighted by atomic mass is 79.9.